The normalized spacial score (nSPS) is 24.3. The van der Waals surface area contributed by atoms with Crippen LogP contribution in [0, 0.1) is 10.8 Å². The van der Waals surface area contributed by atoms with Gasteiger partial charge in [-0.15, -0.1) is 0 Å². The zero-order valence-electron chi connectivity index (χ0n) is 17.0. The quantitative estimate of drug-likeness (QED) is 0.360. The second-order valence-corrected chi connectivity index (χ2v) is 11.0. The molecule has 0 aliphatic carbocycles. The van der Waals surface area contributed by atoms with Crippen LogP contribution in [0.3, 0.4) is 0 Å². The summed E-state index contributed by atoms with van der Waals surface area (Å²) in [7, 11) is -0.716. The van der Waals surface area contributed by atoms with Crippen LogP contribution in [0.4, 0.5) is 0 Å². The zero-order chi connectivity index (χ0) is 19.4. The molecule has 3 atom stereocenters. The molecule has 2 saturated heterocycles. The SMILES string of the molecule is C=C1CC(C(C)(C)CCCCS(=O)CCCCC(C)(C)C2CC(=O)O2)O1. The number of ether oxygens (including phenoxy) is 2. The predicted molar refractivity (Wildman–Crippen MR) is 106 cm³/mol. The van der Waals surface area contributed by atoms with Gasteiger partial charge in [-0.2, -0.15) is 0 Å². The summed E-state index contributed by atoms with van der Waals surface area (Å²) < 4.78 is 23.0. The largest absolute Gasteiger partial charge is 0.494 e. The molecule has 0 aromatic rings. The molecule has 4 nitrogen and oxygen atoms in total. The fraction of sp³-hybridized carbons (Fsp3) is 0.857. The van der Waals surface area contributed by atoms with Gasteiger partial charge in [0.05, 0.1) is 12.2 Å². The third-order valence-corrected chi connectivity index (χ3v) is 7.47. The van der Waals surface area contributed by atoms with Crippen LogP contribution in [-0.2, 0) is 25.1 Å². The minimum atomic E-state index is -0.716. The van der Waals surface area contributed by atoms with E-state index in [0.29, 0.717) is 12.5 Å². The first-order valence-electron chi connectivity index (χ1n) is 9.99. The van der Waals surface area contributed by atoms with Crippen LogP contribution in [0.2, 0.25) is 0 Å². The van der Waals surface area contributed by atoms with E-state index >= 15 is 0 Å². The zero-order valence-corrected chi connectivity index (χ0v) is 17.8. The van der Waals surface area contributed by atoms with Gasteiger partial charge in [-0.3, -0.25) is 9.00 Å². The average molecular weight is 385 g/mol. The first-order valence-corrected chi connectivity index (χ1v) is 11.5. The number of cyclic esters (lactones) is 1. The third-order valence-electron chi connectivity index (χ3n) is 5.98. The van der Waals surface area contributed by atoms with Crippen LogP contribution in [0.1, 0.15) is 79.1 Å². The van der Waals surface area contributed by atoms with Crippen molar-refractivity contribution in [2.75, 3.05) is 11.5 Å². The highest BCUT2D eigenvalue weighted by molar-refractivity contribution is 7.84. The molecule has 0 saturated carbocycles. The lowest BCUT2D eigenvalue weighted by molar-refractivity contribution is -0.182. The van der Waals surface area contributed by atoms with Crippen LogP contribution in [-0.4, -0.2) is 33.9 Å². The van der Waals surface area contributed by atoms with Gasteiger partial charge in [0, 0.05) is 39.6 Å². The fourth-order valence-electron chi connectivity index (χ4n) is 3.68. The Kier molecular flexibility index (Phi) is 7.35. The van der Waals surface area contributed by atoms with Gasteiger partial charge in [0.25, 0.3) is 0 Å². The van der Waals surface area contributed by atoms with Crippen molar-refractivity contribution in [3.63, 3.8) is 0 Å². The maximum absolute atomic E-state index is 12.2. The van der Waals surface area contributed by atoms with E-state index in [-0.39, 0.29) is 22.9 Å². The molecule has 0 bridgehead atoms. The van der Waals surface area contributed by atoms with Crippen molar-refractivity contribution >= 4 is 16.8 Å². The molecule has 0 aromatic heterocycles. The summed E-state index contributed by atoms with van der Waals surface area (Å²) >= 11 is 0. The topological polar surface area (TPSA) is 52.6 Å². The van der Waals surface area contributed by atoms with Gasteiger partial charge in [-0.05, 0) is 25.7 Å². The van der Waals surface area contributed by atoms with Gasteiger partial charge < -0.3 is 9.47 Å². The third kappa shape index (κ3) is 6.11. The number of hydrogen-bond acceptors (Lipinski definition) is 4. The van der Waals surface area contributed by atoms with Crippen molar-refractivity contribution in [2.24, 2.45) is 10.8 Å². The molecule has 2 aliphatic heterocycles. The minimum absolute atomic E-state index is 0.0376. The second kappa shape index (κ2) is 8.90. The molecule has 0 N–H and O–H groups in total. The molecule has 0 aromatic carbocycles. The Balaban J connectivity index is 1.50. The molecule has 2 fully saturated rings. The summed E-state index contributed by atoms with van der Waals surface area (Å²) in [6, 6.07) is 0. The molecule has 2 aliphatic rings. The first-order chi connectivity index (χ1) is 12.1. The number of esters is 1. The van der Waals surface area contributed by atoms with Gasteiger partial charge in [-0.1, -0.05) is 47.1 Å². The van der Waals surface area contributed by atoms with E-state index in [1.165, 1.54) is 0 Å². The van der Waals surface area contributed by atoms with Crippen molar-refractivity contribution in [3.8, 4) is 0 Å². The summed E-state index contributed by atoms with van der Waals surface area (Å²) in [6.07, 6.45) is 8.19. The van der Waals surface area contributed by atoms with Crippen LogP contribution >= 0.6 is 0 Å². The molecular formula is C21H36O4S. The molecular weight excluding hydrogens is 348 g/mol. The Labute approximate surface area is 161 Å². The molecule has 3 unspecified atom stereocenters. The molecule has 0 spiro atoms. The summed E-state index contributed by atoms with van der Waals surface area (Å²) in [5, 5.41) is 0. The molecule has 2 heterocycles. The maximum Gasteiger partial charge on any atom is 0.309 e. The van der Waals surface area contributed by atoms with Crippen LogP contribution < -0.4 is 0 Å². The molecule has 0 amide bonds. The van der Waals surface area contributed by atoms with E-state index < -0.39 is 10.8 Å². The number of carbonyl (C=O) groups is 1. The van der Waals surface area contributed by atoms with E-state index in [0.717, 1.165) is 62.2 Å². The summed E-state index contributed by atoms with van der Waals surface area (Å²) in [5.74, 6) is 2.41. The van der Waals surface area contributed by atoms with Crippen LogP contribution in [0.15, 0.2) is 12.3 Å². The van der Waals surface area contributed by atoms with Crippen molar-refractivity contribution in [1.82, 2.24) is 0 Å². The number of hydrogen-bond donors (Lipinski definition) is 0. The number of unbranched alkanes of at least 4 members (excludes halogenated alkanes) is 2. The molecule has 5 heteroatoms. The predicted octanol–water partition coefficient (Wildman–Crippen LogP) is 4.75. The van der Waals surface area contributed by atoms with Crippen molar-refractivity contribution in [1.29, 1.82) is 0 Å². The summed E-state index contributed by atoms with van der Waals surface area (Å²) in [6.45, 7) is 12.6. The van der Waals surface area contributed by atoms with Crippen molar-refractivity contribution in [2.45, 2.75) is 91.3 Å². The fourth-order valence-corrected chi connectivity index (χ4v) is 4.94. The van der Waals surface area contributed by atoms with Gasteiger partial charge in [0.2, 0.25) is 0 Å². The van der Waals surface area contributed by atoms with Crippen molar-refractivity contribution in [3.05, 3.63) is 12.3 Å². The van der Waals surface area contributed by atoms with E-state index in [1.54, 1.807) is 0 Å². The highest BCUT2D eigenvalue weighted by atomic mass is 32.2. The Morgan fingerprint density at radius 3 is 1.73 bits per heavy atom. The lowest BCUT2D eigenvalue weighted by Crippen LogP contribution is -2.44. The Hall–Kier alpha value is -0.840. The lowest BCUT2D eigenvalue weighted by atomic mass is 9.78. The first kappa shape index (κ1) is 21.5. The number of carbonyl (C=O) groups excluding carboxylic acids is 1. The highest BCUT2D eigenvalue weighted by Crippen LogP contribution is 2.40. The smallest absolute Gasteiger partial charge is 0.309 e. The van der Waals surface area contributed by atoms with Gasteiger partial charge >= 0.3 is 5.97 Å². The Morgan fingerprint density at radius 2 is 1.35 bits per heavy atom. The van der Waals surface area contributed by atoms with Gasteiger partial charge in [0.15, 0.2) is 0 Å². The second-order valence-electron chi connectivity index (χ2n) is 9.27. The highest BCUT2D eigenvalue weighted by Gasteiger charge is 2.40. The summed E-state index contributed by atoms with van der Waals surface area (Å²) in [4.78, 5) is 11.0. The lowest BCUT2D eigenvalue weighted by Gasteiger charge is -2.42. The molecule has 2 rings (SSSR count). The van der Waals surface area contributed by atoms with Crippen molar-refractivity contribution < 1.29 is 18.5 Å². The van der Waals surface area contributed by atoms with E-state index in [2.05, 4.69) is 34.3 Å². The Morgan fingerprint density at radius 1 is 0.923 bits per heavy atom. The van der Waals surface area contributed by atoms with E-state index in [9.17, 15) is 9.00 Å². The van der Waals surface area contributed by atoms with E-state index in [1.807, 2.05) is 0 Å². The molecule has 150 valence electrons. The van der Waals surface area contributed by atoms with Gasteiger partial charge in [0.1, 0.15) is 12.2 Å². The molecule has 0 radical (unpaired) electrons. The summed E-state index contributed by atoms with van der Waals surface area (Å²) in [5.41, 5.74) is 0.217. The van der Waals surface area contributed by atoms with Crippen LogP contribution in [0.25, 0.3) is 0 Å². The number of rotatable bonds is 12. The minimum Gasteiger partial charge on any atom is -0.494 e. The average Bonchev–Trinajstić information content (AvgIpc) is 2.49. The van der Waals surface area contributed by atoms with Crippen LogP contribution in [0.5, 0.6) is 0 Å². The van der Waals surface area contributed by atoms with E-state index in [4.69, 9.17) is 9.47 Å². The Bertz CT molecular complexity index is 476. The maximum atomic E-state index is 12.2. The standard InChI is InChI=1S/C21H36O4S/c1-16-14-17(24-16)20(2,3)10-6-8-12-26(23)13-9-7-11-21(4,5)18-15-19(22)25-18/h17-18H,1,6-15H2,2-5H3. The monoisotopic (exact) mass is 384 g/mol. The van der Waals surface area contributed by atoms with Gasteiger partial charge in [-0.25, -0.2) is 0 Å². The molecule has 26 heavy (non-hydrogen) atoms.